The number of nitrogens with zero attached hydrogens (tertiary/aromatic N) is 1. The molecule has 1 aliphatic carbocycles. The maximum atomic E-state index is 13.2. The van der Waals surface area contributed by atoms with E-state index in [-0.39, 0.29) is 67.3 Å². The first-order valence-electron chi connectivity index (χ1n) is 13.3. The third-order valence-corrected chi connectivity index (χ3v) is 7.47. The highest BCUT2D eigenvalue weighted by Gasteiger charge is 2.41. The van der Waals surface area contributed by atoms with E-state index in [4.69, 9.17) is 11.6 Å². The van der Waals surface area contributed by atoms with Crippen LogP contribution in [0, 0.1) is 11.3 Å². The van der Waals surface area contributed by atoms with Crippen LogP contribution < -0.4 is 15.5 Å². The Morgan fingerprint density at radius 3 is 2.10 bits per heavy atom. The number of Topliss-reactive ketones (excluding diaryl/α,β-unsaturated/α-hetero) is 1. The largest absolute Gasteiger partial charge is 0.391 e. The molecule has 218 valence electrons. The zero-order valence-corrected chi connectivity index (χ0v) is 24.3. The number of amides is 2. The SMILES string of the molecule is CN(C)c1ccc(CC(=O)c2cc(CNC(=O)C(C)(C)C)ccc2Cl)cc1C(=O)NC1CCC(C(F)(F)F)CC1. The molecule has 0 saturated heterocycles. The van der Waals surface area contributed by atoms with Crippen LogP contribution in [0.25, 0.3) is 0 Å². The van der Waals surface area contributed by atoms with Gasteiger partial charge in [0, 0.05) is 49.8 Å². The van der Waals surface area contributed by atoms with Gasteiger partial charge in [0.2, 0.25) is 5.91 Å². The summed E-state index contributed by atoms with van der Waals surface area (Å²) in [4.78, 5) is 40.5. The zero-order valence-electron chi connectivity index (χ0n) is 23.5. The molecule has 0 aromatic heterocycles. The first-order valence-corrected chi connectivity index (χ1v) is 13.7. The summed E-state index contributed by atoms with van der Waals surface area (Å²) in [5, 5.41) is 6.03. The summed E-state index contributed by atoms with van der Waals surface area (Å²) >= 11 is 6.34. The van der Waals surface area contributed by atoms with Gasteiger partial charge in [-0.2, -0.15) is 13.2 Å². The van der Waals surface area contributed by atoms with Crippen LogP contribution in [0.4, 0.5) is 18.9 Å². The number of hydrogen-bond acceptors (Lipinski definition) is 4. The molecule has 1 fully saturated rings. The van der Waals surface area contributed by atoms with Crippen molar-refractivity contribution in [3.8, 4) is 0 Å². The molecule has 0 unspecified atom stereocenters. The van der Waals surface area contributed by atoms with Crippen molar-refractivity contribution in [3.63, 3.8) is 0 Å². The van der Waals surface area contributed by atoms with Crippen molar-refractivity contribution in [2.45, 2.75) is 71.6 Å². The Kier molecular flexibility index (Phi) is 9.93. The van der Waals surface area contributed by atoms with Crippen LogP contribution >= 0.6 is 11.6 Å². The minimum Gasteiger partial charge on any atom is -0.377 e. The smallest absolute Gasteiger partial charge is 0.377 e. The summed E-state index contributed by atoms with van der Waals surface area (Å²) in [6.07, 6.45) is -3.72. The van der Waals surface area contributed by atoms with Gasteiger partial charge in [-0.3, -0.25) is 14.4 Å². The number of benzene rings is 2. The molecule has 0 spiro atoms. The van der Waals surface area contributed by atoms with Gasteiger partial charge in [0.1, 0.15) is 0 Å². The number of anilines is 1. The topological polar surface area (TPSA) is 78.5 Å². The molecule has 0 aliphatic heterocycles. The van der Waals surface area contributed by atoms with E-state index < -0.39 is 17.5 Å². The van der Waals surface area contributed by atoms with Crippen molar-refractivity contribution in [1.29, 1.82) is 0 Å². The molecule has 0 atom stereocenters. The highest BCUT2D eigenvalue weighted by Crippen LogP contribution is 2.37. The second-order valence-electron chi connectivity index (χ2n) is 11.7. The normalized spacial score (nSPS) is 17.7. The molecule has 3 rings (SSSR count). The molecule has 0 bridgehead atoms. The van der Waals surface area contributed by atoms with Crippen molar-refractivity contribution in [2.24, 2.45) is 11.3 Å². The molecule has 6 nitrogen and oxygen atoms in total. The lowest BCUT2D eigenvalue weighted by atomic mass is 9.85. The van der Waals surface area contributed by atoms with Gasteiger partial charge >= 0.3 is 6.18 Å². The van der Waals surface area contributed by atoms with Crippen LogP contribution in [0.3, 0.4) is 0 Å². The highest BCUT2D eigenvalue weighted by molar-refractivity contribution is 6.34. The number of hydrogen-bond donors (Lipinski definition) is 2. The number of carbonyl (C=O) groups excluding carboxylic acids is 3. The standard InChI is InChI=1S/C30H37ClF3N3O3/c1-29(2,3)28(40)35-17-19-6-12-24(31)22(15-19)26(38)16-18-7-13-25(37(4)5)23(14-18)27(39)36-21-10-8-20(9-11-21)30(32,33)34/h6-7,12-15,20-21H,8-11,16-17H2,1-5H3,(H,35,40)(H,36,39). The molecular weight excluding hydrogens is 543 g/mol. The third kappa shape index (κ3) is 8.22. The number of halogens is 4. The van der Waals surface area contributed by atoms with Crippen LogP contribution in [0.1, 0.15) is 78.3 Å². The second kappa shape index (κ2) is 12.6. The average Bonchev–Trinajstić information content (AvgIpc) is 2.86. The van der Waals surface area contributed by atoms with Crippen LogP contribution in [-0.4, -0.2) is 43.9 Å². The van der Waals surface area contributed by atoms with Gasteiger partial charge in [0.25, 0.3) is 5.91 Å². The maximum Gasteiger partial charge on any atom is 0.391 e. The molecule has 2 aromatic rings. The Labute approximate surface area is 238 Å². The van der Waals surface area contributed by atoms with Crippen molar-refractivity contribution in [2.75, 3.05) is 19.0 Å². The number of ketones is 1. The summed E-state index contributed by atoms with van der Waals surface area (Å²) in [6.45, 7) is 5.69. The Bertz CT molecular complexity index is 1250. The minimum atomic E-state index is -4.21. The first-order chi connectivity index (χ1) is 18.6. The van der Waals surface area contributed by atoms with Gasteiger partial charge in [-0.15, -0.1) is 0 Å². The predicted octanol–water partition coefficient (Wildman–Crippen LogP) is 6.34. The third-order valence-electron chi connectivity index (χ3n) is 7.14. The van der Waals surface area contributed by atoms with Gasteiger partial charge in [-0.1, -0.05) is 44.5 Å². The molecule has 1 saturated carbocycles. The molecule has 10 heteroatoms. The van der Waals surface area contributed by atoms with Gasteiger partial charge in [-0.25, -0.2) is 0 Å². The molecule has 0 radical (unpaired) electrons. The summed E-state index contributed by atoms with van der Waals surface area (Å²) < 4.78 is 39.1. The Hall–Kier alpha value is -3.07. The molecule has 2 N–H and O–H groups in total. The van der Waals surface area contributed by atoms with E-state index in [1.54, 1.807) is 55.4 Å². The van der Waals surface area contributed by atoms with Gasteiger partial charge in [0.15, 0.2) is 5.78 Å². The van der Waals surface area contributed by atoms with E-state index in [9.17, 15) is 27.6 Å². The number of alkyl halides is 3. The lowest BCUT2D eigenvalue weighted by Gasteiger charge is -2.30. The minimum absolute atomic E-state index is 0.0107. The van der Waals surface area contributed by atoms with E-state index in [1.807, 2.05) is 20.8 Å². The van der Waals surface area contributed by atoms with E-state index in [2.05, 4.69) is 10.6 Å². The predicted molar refractivity (Wildman–Crippen MR) is 151 cm³/mol. The number of nitrogens with one attached hydrogen (secondary N) is 2. The Balaban J connectivity index is 1.74. The van der Waals surface area contributed by atoms with Gasteiger partial charge < -0.3 is 15.5 Å². The maximum absolute atomic E-state index is 13.2. The molecule has 2 amide bonds. The lowest BCUT2D eigenvalue weighted by Crippen LogP contribution is -2.40. The molecule has 1 aliphatic rings. The molecular formula is C30H37ClF3N3O3. The quantitative estimate of drug-likeness (QED) is 0.358. The van der Waals surface area contributed by atoms with Crippen molar-refractivity contribution >= 4 is 34.9 Å². The molecule has 0 heterocycles. The average molecular weight is 580 g/mol. The lowest BCUT2D eigenvalue weighted by molar-refractivity contribution is -0.182. The number of carbonyl (C=O) groups is 3. The summed E-state index contributed by atoms with van der Waals surface area (Å²) in [5.41, 5.74) is 2.08. The van der Waals surface area contributed by atoms with Crippen LogP contribution in [0.2, 0.25) is 5.02 Å². The van der Waals surface area contributed by atoms with E-state index in [0.29, 0.717) is 22.4 Å². The summed E-state index contributed by atoms with van der Waals surface area (Å²) in [7, 11) is 3.57. The fraction of sp³-hybridized carbons (Fsp3) is 0.500. The zero-order chi connectivity index (χ0) is 29.8. The second-order valence-corrected chi connectivity index (χ2v) is 12.1. The fourth-order valence-corrected chi connectivity index (χ4v) is 4.94. The van der Waals surface area contributed by atoms with Crippen LogP contribution in [0.15, 0.2) is 36.4 Å². The number of rotatable bonds is 8. The molecule has 2 aromatic carbocycles. The fourth-order valence-electron chi connectivity index (χ4n) is 4.72. The summed E-state index contributed by atoms with van der Waals surface area (Å²) in [6, 6.07) is 9.84. The Morgan fingerprint density at radius 2 is 1.52 bits per heavy atom. The van der Waals surface area contributed by atoms with E-state index >= 15 is 0 Å². The Morgan fingerprint density at radius 1 is 0.925 bits per heavy atom. The van der Waals surface area contributed by atoms with E-state index in [0.717, 1.165) is 5.56 Å². The van der Waals surface area contributed by atoms with Gasteiger partial charge in [0.05, 0.1) is 16.5 Å². The van der Waals surface area contributed by atoms with Crippen molar-refractivity contribution in [1.82, 2.24) is 10.6 Å². The molecule has 40 heavy (non-hydrogen) atoms. The monoisotopic (exact) mass is 579 g/mol. The summed E-state index contributed by atoms with van der Waals surface area (Å²) in [5.74, 6) is -2.07. The van der Waals surface area contributed by atoms with Crippen LogP contribution in [0.5, 0.6) is 0 Å². The van der Waals surface area contributed by atoms with Crippen molar-refractivity contribution < 1.29 is 27.6 Å². The van der Waals surface area contributed by atoms with E-state index in [1.165, 1.54) is 0 Å². The highest BCUT2D eigenvalue weighted by atomic mass is 35.5. The first kappa shape index (κ1) is 31.5. The van der Waals surface area contributed by atoms with Gasteiger partial charge in [-0.05, 0) is 61.1 Å². The van der Waals surface area contributed by atoms with Crippen LogP contribution in [-0.2, 0) is 17.8 Å². The van der Waals surface area contributed by atoms with Crippen molar-refractivity contribution in [3.05, 3.63) is 63.7 Å².